The summed E-state index contributed by atoms with van der Waals surface area (Å²) < 4.78 is 0. The van der Waals surface area contributed by atoms with Crippen LogP contribution in [0.4, 0.5) is 10.8 Å². The van der Waals surface area contributed by atoms with Crippen molar-refractivity contribution in [3.8, 4) is 0 Å². The second-order valence-corrected chi connectivity index (χ2v) is 5.80. The quantitative estimate of drug-likeness (QED) is 0.910. The summed E-state index contributed by atoms with van der Waals surface area (Å²) in [5.74, 6) is 0. The summed E-state index contributed by atoms with van der Waals surface area (Å²) in [6.07, 6.45) is 0. The minimum Gasteiger partial charge on any atom is -0.368 e. The highest BCUT2D eigenvalue weighted by molar-refractivity contribution is 7.15. The number of aromatic nitrogens is 2. The molecule has 4 nitrogen and oxygen atoms in total. The van der Waals surface area contributed by atoms with E-state index in [2.05, 4.69) is 66.4 Å². The van der Waals surface area contributed by atoms with Crippen LogP contribution >= 0.6 is 11.3 Å². The number of anilines is 2. The summed E-state index contributed by atoms with van der Waals surface area (Å²) in [6.45, 7) is 7.97. The zero-order valence-electron chi connectivity index (χ0n) is 11.9. The van der Waals surface area contributed by atoms with Gasteiger partial charge in [0.2, 0.25) is 5.13 Å². The van der Waals surface area contributed by atoms with Crippen molar-refractivity contribution in [1.82, 2.24) is 10.2 Å². The summed E-state index contributed by atoms with van der Waals surface area (Å²) in [4.78, 5) is 2.20. The lowest BCUT2D eigenvalue weighted by molar-refractivity contribution is 0.879. The third kappa shape index (κ3) is 3.67. The molecular formula is C14H20N4S. The molecule has 2 rings (SSSR count). The molecule has 0 unspecified atom stereocenters. The van der Waals surface area contributed by atoms with Gasteiger partial charge in [-0.05, 0) is 44.0 Å². The number of benzene rings is 1. The molecule has 0 bridgehead atoms. The molecule has 102 valence electrons. The van der Waals surface area contributed by atoms with E-state index in [1.165, 1.54) is 16.8 Å². The van der Waals surface area contributed by atoms with E-state index < -0.39 is 0 Å². The highest BCUT2D eigenvalue weighted by Crippen LogP contribution is 2.22. The van der Waals surface area contributed by atoms with Gasteiger partial charge >= 0.3 is 0 Å². The Labute approximate surface area is 118 Å². The first kappa shape index (κ1) is 13.8. The van der Waals surface area contributed by atoms with Gasteiger partial charge in [0.25, 0.3) is 0 Å². The lowest BCUT2D eigenvalue weighted by atomic mass is 10.1. The third-order valence-electron chi connectivity index (χ3n) is 2.81. The molecule has 0 aliphatic rings. The van der Waals surface area contributed by atoms with E-state index in [1.54, 1.807) is 11.3 Å². The lowest BCUT2D eigenvalue weighted by Gasteiger charge is -2.18. The fraction of sp³-hybridized carbons (Fsp3) is 0.429. The number of hydrogen-bond acceptors (Lipinski definition) is 5. The van der Waals surface area contributed by atoms with Crippen LogP contribution in [0.25, 0.3) is 0 Å². The van der Waals surface area contributed by atoms with Gasteiger partial charge in [-0.2, -0.15) is 0 Å². The number of nitrogens with one attached hydrogen (secondary N) is 1. The van der Waals surface area contributed by atoms with Gasteiger partial charge in [0.1, 0.15) is 5.01 Å². The van der Waals surface area contributed by atoms with Crippen LogP contribution in [0.1, 0.15) is 23.1 Å². The van der Waals surface area contributed by atoms with Crippen molar-refractivity contribution in [3.05, 3.63) is 34.3 Å². The Bertz CT molecular complexity index is 530. The number of rotatable bonds is 5. The molecule has 1 N–H and O–H groups in total. The molecule has 0 aliphatic heterocycles. The molecule has 19 heavy (non-hydrogen) atoms. The van der Waals surface area contributed by atoms with Crippen molar-refractivity contribution in [3.63, 3.8) is 0 Å². The van der Waals surface area contributed by atoms with Crippen LogP contribution < -0.4 is 10.2 Å². The van der Waals surface area contributed by atoms with Crippen molar-refractivity contribution in [2.24, 2.45) is 0 Å². The smallest absolute Gasteiger partial charge is 0.205 e. The second kappa shape index (κ2) is 6.02. The van der Waals surface area contributed by atoms with Gasteiger partial charge in [0, 0.05) is 19.3 Å². The molecule has 2 aromatic rings. The molecule has 1 aromatic carbocycles. The zero-order chi connectivity index (χ0) is 13.8. The summed E-state index contributed by atoms with van der Waals surface area (Å²) >= 11 is 1.61. The van der Waals surface area contributed by atoms with E-state index in [0.29, 0.717) is 0 Å². The average Bonchev–Trinajstić information content (AvgIpc) is 2.76. The van der Waals surface area contributed by atoms with Crippen molar-refractivity contribution in [1.29, 1.82) is 0 Å². The maximum absolute atomic E-state index is 4.21. The van der Waals surface area contributed by atoms with Crippen molar-refractivity contribution in [2.45, 2.75) is 27.3 Å². The molecule has 0 atom stereocenters. The maximum atomic E-state index is 4.21. The Morgan fingerprint density at radius 1 is 1.16 bits per heavy atom. The van der Waals surface area contributed by atoms with E-state index in [0.717, 1.165) is 23.2 Å². The molecule has 0 radical (unpaired) electrons. The van der Waals surface area contributed by atoms with Crippen LogP contribution in [0, 0.1) is 13.8 Å². The van der Waals surface area contributed by atoms with E-state index in [4.69, 9.17) is 0 Å². The third-order valence-corrected chi connectivity index (χ3v) is 3.68. The summed E-state index contributed by atoms with van der Waals surface area (Å²) in [7, 11) is 2.09. The maximum Gasteiger partial charge on any atom is 0.205 e. The molecular weight excluding hydrogens is 256 g/mol. The van der Waals surface area contributed by atoms with Crippen molar-refractivity contribution >= 4 is 22.2 Å². The first-order valence-corrected chi connectivity index (χ1v) is 7.26. The molecule has 0 saturated carbocycles. The Morgan fingerprint density at radius 2 is 1.84 bits per heavy atom. The monoisotopic (exact) mass is 276 g/mol. The summed E-state index contributed by atoms with van der Waals surface area (Å²) in [6, 6.07) is 6.57. The fourth-order valence-electron chi connectivity index (χ4n) is 2.01. The van der Waals surface area contributed by atoms with E-state index in [1.807, 2.05) is 0 Å². The van der Waals surface area contributed by atoms with E-state index in [-0.39, 0.29) is 0 Å². The number of nitrogens with zero attached hydrogens (tertiary/aromatic N) is 3. The average molecular weight is 276 g/mol. The topological polar surface area (TPSA) is 41.1 Å². The van der Waals surface area contributed by atoms with Gasteiger partial charge in [-0.25, -0.2) is 0 Å². The largest absolute Gasteiger partial charge is 0.368 e. The molecule has 1 aromatic heterocycles. The molecule has 0 aliphatic carbocycles. The van der Waals surface area contributed by atoms with Gasteiger partial charge in [0.05, 0.1) is 6.54 Å². The van der Waals surface area contributed by atoms with E-state index >= 15 is 0 Å². The van der Waals surface area contributed by atoms with Crippen molar-refractivity contribution < 1.29 is 0 Å². The summed E-state index contributed by atoms with van der Waals surface area (Å²) in [5, 5.41) is 13.4. The van der Waals surface area contributed by atoms with Gasteiger partial charge in [-0.1, -0.05) is 17.4 Å². The van der Waals surface area contributed by atoms with Crippen LogP contribution in [0.5, 0.6) is 0 Å². The predicted molar refractivity (Wildman–Crippen MR) is 82.1 cm³/mol. The Balaban J connectivity index is 2.08. The van der Waals surface area contributed by atoms with Gasteiger partial charge in [0.15, 0.2) is 0 Å². The van der Waals surface area contributed by atoms with Crippen LogP contribution in [-0.4, -0.2) is 23.8 Å². The first-order chi connectivity index (χ1) is 9.08. The highest BCUT2D eigenvalue weighted by atomic mass is 32.1. The highest BCUT2D eigenvalue weighted by Gasteiger charge is 2.08. The normalized spacial score (nSPS) is 10.5. The number of aryl methyl sites for hydroxylation is 2. The first-order valence-electron chi connectivity index (χ1n) is 6.44. The lowest BCUT2D eigenvalue weighted by Crippen LogP contribution is -2.16. The molecule has 5 heteroatoms. The Kier molecular flexibility index (Phi) is 4.37. The van der Waals surface area contributed by atoms with Crippen LogP contribution in [0.3, 0.4) is 0 Å². The van der Waals surface area contributed by atoms with Crippen LogP contribution in [-0.2, 0) is 6.54 Å². The standard InChI is InChI=1S/C14H20N4S/c1-5-15-14-17-16-13(19-14)9-18(4)12-7-10(2)6-11(3)8-12/h6-8H,5,9H2,1-4H3,(H,15,17). The molecule has 0 saturated heterocycles. The zero-order valence-corrected chi connectivity index (χ0v) is 12.7. The van der Waals surface area contributed by atoms with Gasteiger partial charge < -0.3 is 10.2 Å². The Morgan fingerprint density at radius 3 is 2.47 bits per heavy atom. The van der Waals surface area contributed by atoms with Crippen molar-refractivity contribution in [2.75, 3.05) is 23.8 Å². The number of hydrogen-bond donors (Lipinski definition) is 1. The molecule has 0 amide bonds. The van der Waals surface area contributed by atoms with Gasteiger partial charge in [-0.15, -0.1) is 10.2 Å². The van der Waals surface area contributed by atoms with Crippen LogP contribution in [0.15, 0.2) is 18.2 Å². The summed E-state index contributed by atoms with van der Waals surface area (Å²) in [5.41, 5.74) is 3.79. The Hall–Kier alpha value is -1.62. The SMILES string of the molecule is CCNc1nnc(CN(C)c2cc(C)cc(C)c2)s1. The fourth-order valence-corrected chi connectivity index (χ4v) is 2.87. The van der Waals surface area contributed by atoms with Crippen LogP contribution in [0.2, 0.25) is 0 Å². The van der Waals surface area contributed by atoms with Gasteiger partial charge in [-0.3, -0.25) is 0 Å². The predicted octanol–water partition coefficient (Wildman–Crippen LogP) is 3.22. The molecule has 1 heterocycles. The molecule has 0 spiro atoms. The molecule has 0 fully saturated rings. The van der Waals surface area contributed by atoms with E-state index in [9.17, 15) is 0 Å². The minimum atomic E-state index is 0.784. The minimum absolute atomic E-state index is 0.784. The second-order valence-electron chi connectivity index (χ2n) is 4.73.